The molecule has 0 aromatic heterocycles. The quantitative estimate of drug-likeness (QED) is 0.571. The fraction of sp³-hybridized carbons (Fsp3) is 0.867. The molecule has 112 valence electrons. The summed E-state index contributed by atoms with van der Waals surface area (Å²) in [5.74, 6) is -0.396. The molecule has 4 nitrogen and oxygen atoms in total. The number of carbonyl (C=O) groups excluding carboxylic acids is 2. The summed E-state index contributed by atoms with van der Waals surface area (Å²) < 4.78 is 10.6. The van der Waals surface area contributed by atoms with Crippen LogP contribution >= 0.6 is 0 Å². The average Bonchev–Trinajstić information content (AvgIpc) is 2.46. The van der Waals surface area contributed by atoms with Crippen LogP contribution in [0.3, 0.4) is 0 Å². The van der Waals surface area contributed by atoms with Crippen LogP contribution in [0.1, 0.15) is 66.2 Å². The molecule has 0 bridgehead atoms. The van der Waals surface area contributed by atoms with Crippen LogP contribution in [0.2, 0.25) is 0 Å². The standard InChI is InChI=1S/C15H28O4/c1-5-9-10-15(8-4,11-18-13(16)6-2)12-19-14(17)7-3/h5-12H2,1-4H3. The number of hydrogen-bond acceptors (Lipinski definition) is 4. The topological polar surface area (TPSA) is 52.6 Å². The molecular formula is C15H28O4. The van der Waals surface area contributed by atoms with Gasteiger partial charge in [-0.3, -0.25) is 9.59 Å². The fourth-order valence-electron chi connectivity index (χ4n) is 1.79. The molecule has 19 heavy (non-hydrogen) atoms. The Morgan fingerprint density at radius 3 is 1.68 bits per heavy atom. The smallest absolute Gasteiger partial charge is 0.305 e. The molecule has 0 spiro atoms. The molecule has 0 heterocycles. The van der Waals surface area contributed by atoms with Crippen molar-refractivity contribution in [3.05, 3.63) is 0 Å². The lowest BCUT2D eigenvalue weighted by Crippen LogP contribution is -2.34. The van der Waals surface area contributed by atoms with Crippen molar-refractivity contribution < 1.29 is 19.1 Å². The van der Waals surface area contributed by atoms with Gasteiger partial charge in [0.1, 0.15) is 13.2 Å². The van der Waals surface area contributed by atoms with Gasteiger partial charge in [-0.15, -0.1) is 0 Å². The molecule has 0 aliphatic heterocycles. The lowest BCUT2D eigenvalue weighted by molar-refractivity contribution is -0.154. The van der Waals surface area contributed by atoms with Gasteiger partial charge in [-0.05, 0) is 12.8 Å². The lowest BCUT2D eigenvalue weighted by atomic mass is 9.81. The molecule has 0 aromatic rings. The van der Waals surface area contributed by atoms with Crippen molar-refractivity contribution in [2.45, 2.75) is 66.2 Å². The predicted octanol–water partition coefficient (Wildman–Crippen LogP) is 3.48. The summed E-state index contributed by atoms with van der Waals surface area (Å²) in [5.41, 5.74) is -0.230. The second-order valence-corrected chi connectivity index (χ2v) is 4.99. The summed E-state index contributed by atoms with van der Waals surface area (Å²) in [4.78, 5) is 22.6. The molecule has 0 aliphatic rings. The third-order valence-corrected chi connectivity index (χ3v) is 3.47. The number of rotatable bonds is 10. The molecule has 0 N–H and O–H groups in total. The van der Waals surface area contributed by atoms with Crippen molar-refractivity contribution in [1.82, 2.24) is 0 Å². The minimum atomic E-state index is -0.230. The first kappa shape index (κ1) is 17.9. The molecule has 0 saturated carbocycles. The van der Waals surface area contributed by atoms with Gasteiger partial charge in [0, 0.05) is 18.3 Å². The fourth-order valence-corrected chi connectivity index (χ4v) is 1.79. The van der Waals surface area contributed by atoms with Gasteiger partial charge in [0.05, 0.1) is 0 Å². The van der Waals surface area contributed by atoms with Crippen molar-refractivity contribution in [1.29, 1.82) is 0 Å². The number of unbranched alkanes of at least 4 members (excludes halogenated alkanes) is 1. The second kappa shape index (κ2) is 9.82. The Balaban J connectivity index is 4.56. The first-order valence-corrected chi connectivity index (χ1v) is 7.34. The maximum atomic E-state index is 11.3. The van der Waals surface area contributed by atoms with Crippen LogP contribution in [-0.4, -0.2) is 25.2 Å². The maximum Gasteiger partial charge on any atom is 0.305 e. The first-order chi connectivity index (χ1) is 9.03. The Hall–Kier alpha value is -1.06. The van der Waals surface area contributed by atoms with Gasteiger partial charge >= 0.3 is 11.9 Å². The number of esters is 2. The van der Waals surface area contributed by atoms with E-state index in [0.29, 0.717) is 26.1 Å². The Kier molecular flexibility index (Phi) is 9.27. The summed E-state index contributed by atoms with van der Waals surface area (Å²) >= 11 is 0. The van der Waals surface area contributed by atoms with Crippen LogP contribution in [0.15, 0.2) is 0 Å². The predicted molar refractivity (Wildman–Crippen MR) is 74.7 cm³/mol. The highest BCUT2D eigenvalue weighted by atomic mass is 16.5. The maximum absolute atomic E-state index is 11.3. The molecule has 0 rings (SSSR count). The van der Waals surface area contributed by atoms with Gasteiger partial charge in [-0.2, -0.15) is 0 Å². The average molecular weight is 272 g/mol. The van der Waals surface area contributed by atoms with Crippen LogP contribution in [0.4, 0.5) is 0 Å². The van der Waals surface area contributed by atoms with E-state index < -0.39 is 0 Å². The number of ether oxygens (including phenoxy) is 2. The lowest BCUT2D eigenvalue weighted by Gasteiger charge is -2.31. The molecule has 0 saturated heterocycles. The van der Waals surface area contributed by atoms with E-state index in [4.69, 9.17) is 9.47 Å². The van der Waals surface area contributed by atoms with E-state index in [9.17, 15) is 9.59 Å². The van der Waals surface area contributed by atoms with Crippen LogP contribution in [0.5, 0.6) is 0 Å². The van der Waals surface area contributed by atoms with Crippen molar-refractivity contribution in [3.63, 3.8) is 0 Å². The summed E-state index contributed by atoms with van der Waals surface area (Å²) in [6.07, 6.45) is 4.62. The van der Waals surface area contributed by atoms with E-state index in [2.05, 4.69) is 13.8 Å². The zero-order chi connectivity index (χ0) is 14.7. The zero-order valence-corrected chi connectivity index (χ0v) is 12.8. The van der Waals surface area contributed by atoms with Gasteiger partial charge in [-0.1, -0.05) is 40.5 Å². The van der Waals surface area contributed by atoms with E-state index in [0.717, 1.165) is 25.7 Å². The Morgan fingerprint density at radius 1 is 0.895 bits per heavy atom. The molecule has 0 fully saturated rings. The van der Waals surface area contributed by atoms with Gasteiger partial charge in [-0.25, -0.2) is 0 Å². The van der Waals surface area contributed by atoms with E-state index in [1.165, 1.54) is 0 Å². The summed E-state index contributed by atoms with van der Waals surface area (Å²) in [6, 6.07) is 0. The third-order valence-electron chi connectivity index (χ3n) is 3.47. The molecule has 0 aliphatic carbocycles. The van der Waals surface area contributed by atoms with Crippen molar-refractivity contribution in [3.8, 4) is 0 Å². The van der Waals surface area contributed by atoms with Crippen molar-refractivity contribution >= 4 is 11.9 Å². The van der Waals surface area contributed by atoms with Gasteiger partial charge in [0.2, 0.25) is 0 Å². The highest BCUT2D eigenvalue weighted by Crippen LogP contribution is 2.30. The van der Waals surface area contributed by atoms with Gasteiger partial charge in [0.25, 0.3) is 0 Å². The Morgan fingerprint density at radius 2 is 1.37 bits per heavy atom. The van der Waals surface area contributed by atoms with E-state index in [-0.39, 0.29) is 17.4 Å². The third kappa shape index (κ3) is 7.19. The van der Waals surface area contributed by atoms with E-state index in [1.807, 2.05) is 0 Å². The SMILES string of the molecule is CCCCC(CC)(COC(=O)CC)COC(=O)CC. The monoisotopic (exact) mass is 272 g/mol. The molecular weight excluding hydrogens is 244 g/mol. The molecule has 0 atom stereocenters. The minimum absolute atomic E-state index is 0.198. The van der Waals surface area contributed by atoms with Crippen LogP contribution in [0.25, 0.3) is 0 Å². The first-order valence-electron chi connectivity index (χ1n) is 7.34. The number of carbonyl (C=O) groups is 2. The van der Waals surface area contributed by atoms with Gasteiger partial charge < -0.3 is 9.47 Å². The molecule has 4 heteroatoms. The van der Waals surface area contributed by atoms with Crippen LogP contribution in [0, 0.1) is 5.41 Å². The van der Waals surface area contributed by atoms with E-state index in [1.54, 1.807) is 13.8 Å². The Bertz CT molecular complexity index is 253. The summed E-state index contributed by atoms with van der Waals surface area (Å²) in [6.45, 7) is 8.41. The highest BCUT2D eigenvalue weighted by Gasteiger charge is 2.31. The van der Waals surface area contributed by atoms with Crippen molar-refractivity contribution in [2.75, 3.05) is 13.2 Å². The molecule has 0 radical (unpaired) electrons. The summed E-state index contributed by atoms with van der Waals surface area (Å²) in [7, 11) is 0. The zero-order valence-electron chi connectivity index (χ0n) is 12.8. The largest absolute Gasteiger partial charge is 0.465 e. The van der Waals surface area contributed by atoms with Crippen molar-refractivity contribution in [2.24, 2.45) is 5.41 Å². The van der Waals surface area contributed by atoms with E-state index >= 15 is 0 Å². The molecule has 0 aromatic carbocycles. The number of hydrogen-bond donors (Lipinski definition) is 0. The van der Waals surface area contributed by atoms with Gasteiger partial charge in [0.15, 0.2) is 0 Å². The van der Waals surface area contributed by atoms with Crippen LogP contribution in [-0.2, 0) is 19.1 Å². The van der Waals surface area contributed by atoms with Crippen LogP contribution < -0.4 is 0 Å². The molecule has 0 unspecified atom stereocenters. The second-order valence-electron chi connectivity index (χ2n) is 4.99. The normalized spacial score (nSPS) is 11.2. The Labute approximate surface area is 116 Å². The molecule has 0 amide bonds. The summed E-state index contributed by atoms with van der Waals surface area (Å²) in [5, 5.41) is 0. The highest BCUT2D eigenvalue weighted by molar-refractivity contribution is 5.69. The minimum Gasteiger partial charge on any atom is -0.465 e.